The van der Waals surface area contributed by atoms with Crippen LogP contribution in [0.15, 0.2) is 0 Å². The maximum Gasteiger partial charge on any atom is 0.0575 e. The van der Waals surface area contributed by atoms with E-state index in [1.807, 2.05) is 0 Å². The van der Waals surface area contributed by atoms with Gasteiger partial charge in [0.15, 0.2) is 0 Å². The molecule has 2 heteroatoms. The molecule has 72 valence electrons. The molecule has 0 aromatic heterocycles. The number of hydrogen-bond acceptors (Lipinski definition) is 2. The van der Waals surface area contributed by atoms with E-state index in [4.69, 9.17) is 9.84 Å². The van der Waals surface area contributed by atoms with Crippen molar-refractivity contribution in [3.05, 3.63) is 0 Å². The van der Waals surface area contributed by atoms with Crippen LogP contribution in [0.1, 0.15) is 39.0 Å². The Balaban J connectivity index is 2.11. The van der Waals surface area contributed by atoms with E-state index in [9.17, 15) is 0 Å². The molecule has 0 unspecified atom stereocenters. The molecule has 0 saturated heterocycles. The normalized spacial score (nSPS) is 30.5. The van der Waals surface area contributed by atoms with Gasteiger partial charge in [0, 0.05) is 13.2 Å². The highest BCUT2D eigenvalue weighted by molar-refractivity contribution is 4.72. The minimum absolute atomic E-state index is 0.351. The fraction of sp³-hybridized carbons (Fsp3) is 1.00. The van der Waals surface area contributed by atoms with Gasteiger partial charge in [-0.1, -0.05) is 0 Å². The SMILES string of the molecule is CCOC1CCC(CCO)CC1. The van der Waals surface area contributed by atoms with E-state index in [0.717, 1.165) is 18.9 Å². The van der Waals surface area contributed by atoms with Crippen molar-refractivity contribution in [1.82, 2.24) is 0 Å². The zero-order valence-corrected chi connectivity index (χ0v) is 7.96. The molecule has 0 aliphatic heterocycles. The molecule has 1 aliphatic carbocycles. The molecular formula is C10H20O2. The Labute approximate surface area is 74.9 Å². The van der Waals surface area contributed by atoms with Gasteiger partial charge in [0.05, 0.1) is 6.10 Å². The van der Waals surface area contributed by atoms with Crippen LogP contribution in [0, 0.1) is 5.92 Å². The van der Waals surface area contributed by atoms with E-state index in [1.165, 1.54) is 25.7 Å². The number of rotatable bonds is 4. The quantitative estimate of drug-likeness (QED) is 0.702. The summed E-state index contributed by atoms with van der Waals surface area (Å²) < 4.78 is 5.55. The third kappa shape index (κ3) is 3.11. The first-order valence-corrected chi connectivity index (χ1v) is 5.09. The molecule has 0 radical (unpaired) electrons. The third-order valence-electron chi connectivity index (χ3n) is 2.73. The minimum atomic E-state index is 0.351. The Morgan fingerprint density at radius 3 is 2.42 bits per heavy atom. The van der Waals surface area contributed by atoms with E-state index in [0.29, 0.717) is 12.7 Å². The minimum Gasteiger partial charge on any atom is -0.396 e. The molecule has 1 aliphatic rings. The predicted molar refractivity (Wildman–Crippen MR) is 49.1 cm³/mol. The molecule has 1 rings (SSSR count). The second kappa shape index (κ2) is 5.55. The maximum atomic E-state index is 8.76. The Bertz CT molecular complexity index is 92.4. The van der Waals surface area contributed by atoms with E-state index in [1.54, 1.807) is 0 Å². The zero-order chi connectivity index (χ0) is 8.81. The van der Waals surface area contributed by atoms with Crippen molar-refractivity contribution in [3.63, 3.8) is 0 Å². The first-order chi connectivity index (χ1) is 5.86. The second-order valence-electron chi connectivity index (χ2n) is 3.61. The summed E-state index contributed by atoms with van der Waals surface area (Å²) in [5, 5.41) is 8.76. The van der Waals surface area contributed by atoms with Crippen LogP contribution < -0.4 is 0 Å². The molecule has 1 fully saturated rings. The van der Waals surface area contributed by atoms with Crippen LogP contribution in [-0.2, 0) is 4.74 Å². The standard InChI is InChI=1S/C10H20O2/c1-2-12-10-5-3-9(4-6-10)7-8-11/h9-11H,2-8H2,1H3. The topological polar surface area (TPSA) is 29.5 Å². The number of ether oxygens (including phenoxy) is 1. The molecule has 0 aromatic carbocycles. The number of hydrogen-bond donors (Lipinski definition) is 1. The lowest BCUT2D eigenvalue weighted by Gasteiger charge is -2.27. The highest BCUT2D eigenvalue weighted by atomic mass is 16.5. The van der Waals surface area contributed by atoms with Gasteiger partial charge in [0.1, 0.15) is 0 Å². The van der Waals surface area contributed by atoms with Crippen molar-refractivity contribution < 1.29 is 9.84 Å². The summed E-state index contributed by atoms with van der Waals surface area (Å²) in [5.41, 5.74) is 0. The molecule has 12 heavy (non-hydrogen) atoms. The summed E-state index contributed by atoms with van der Waals surface area (Å²) in [6.45, 7) is 3.25. The highest BCUT2D eigenvalue weighted by Gasteiger charge is 2.20. The molecule has 2 nitrogen and oxygen atoms in total. The largest absolute Gasteiger partial charge is 0.396 e. The highest BCUT2D eigenvalue weighted by Crippen LogP contribution is 2.27. The predicted octanol–water partition coefficient (Wildman–Crippen LogP) is 1.96. The van der Waals surface area contributed by atoms with Gasteiger partial charge < -0.3 is 9.84 Å². The summed E-state index contributed by atoms with van der Waals surface area (Å²) in [7, 11) is 0. The monoisotopic (exact) mass is 172 g/mol. The molecule has 0 bridgehead atoms. The van der Waals surface area contributed by atoms with Crippen LogP contribution in [0.25, 0.3) is 0 Å². The van der Waals surface area contributed by atoms with E-state index in [2.05, 4.69) is 6.92 Å². The van der Waals surface area contributed by atoms with Crippen LogP contribution in [0.4, 0.5) is 0 Å². The summed E-state index contributed by atoms with van der Waals surface area (Å²) in [6, 6.07) is 0. The molecule has 1 N–H and O–H groups in total. The fourth-order valence-corrected chi connectivity index (χ4v) is 2.01. The molecule has 0 spiro atoms. The van der Waals surface area contributed by atoms with E-state index < -0.39 is 0 Å². The molecular weight excluding hydrogens is 152 g/mol. The van der Waals surface area contributed by atoms with Crippen molar-refractivity contribution in [2.75, 3.05) is 13.2 Å². The smallest absolute Gasteiger partial charge is 0.0575 e. The van der Waals surface area contributed by atoms with Crippen molar-refractivity contribution in [1.29, 1.82) is 0 Å². The molecule has 0 amide bonds. The van der Waals surface area contributed by atoms with Gasteiger partial charge in [0.25, 0.3) is 0 Å². The first kappa shape index (κ1) is 10.0. The Morgan fingerprint density at radius 2 is 1.92 bits per heavy atom. The van der Waals surface area contributed by atoms with Gasteiger partial charge in [0.2, 0.25) is 0 Å². The van der Waals surface area contributed by atoms with E-state index in [-0.39, 0.29) is 0 Å². The maximum absolute atomic E-state index is 8.76. The summed E-state index contributed by atoms with van der Waals surface area (Å²) in [5.74, 6) is 0.756. The summed E-state index contributed by atoms with van der Waals surface area (Å²) in [6.07, 6.45) is 6.36. The Kier molecular flexibility index (Phi) is 4.62. The lowest BCUT2D eigenvalue weighted by atomic mass is 9.85. The molecule has 1 saturated carbocycles. The zero-order valence-electron chi connectivity index (χ0n) is 7.96. The number of aliphatic hydroxyl groups is 1. The van der Waals surface area contributed by atoms with E-state index >= 15 is 0 Å². The van der Waals surface area contributed by atoms with Gasteiger partial charge in [-0.2, -0.15) is 0 Å². The summed E-state index contributed by atoms with van der Waals surface area (Å²) in [4.78, 5) is 0. The van der Waals surface area contributed by atoms with Crippen molar-refractivity contribution in [2.24, 2.45) is 5.92 Å². The Hall–Kier alpha value is -0.0800. The molecule has 0 aromatic rings. The average molecular weight is 172 g/mol. The van der Waals surface area contributed by atoms with Gasteiger partial charge in [-0.05, 0) is 44.9 Å². The average Bonchev–Trinajstić information content (AvgIpc) is 2.09. The van der Waals surface area contributed by atoms with Gasteiger partial charge in [-0.3, -0.25) is 0 Å². The Morgan fingerprint density at radius 1 is 1.25 bits per heavy atom. The van der Waals surface area contributed by atoms with Crippen molar-refractivity contribution in [2.45, 2.75) is 45.1 Å². The molecule has 0 heterocycles. The fourth-order valence-electron chi connectivity index (χ4n) is 2.01. The van der Waals surface area contributed by atoms with Crippen LogP contribution >= 0.6 is 0 Å². The third-order valence-corrected chi connectivity index (χ3v) is 2.73. The van der Waals surface area contributed by atoms with Crippen LogP contribution in [0.3, 0.4) is 0 Å². The van der Waals surface area contributed by atoms with Crippen molar-refractivity contribution in [3.8, 4) is 0 Å². The van der Waals surface area contributed by atoms with Gasteiger partial charge >= 0.3 is 0 Å². The summed E-state index contributed by atoms with van der Waals surface area (Å²) >= 11 is 0. The van der Waals surface area contributed by atoms with Crippen LogP contribution in [0.5, 0.6) is 0 Å². The van der Waals surface area contributed by atoms with Crippen molar-refractivity contribution >= 4 is 0 Å². The van der Waals surface area contributed by atoms with Crippen LogP contribution in [-0.4, -0.2) is 24.4 Å². The van der Waals surface area contributed by atoms with Gasteiger partial charge in [-0.25, -0.2) is 0 Å². The van der Waals surface area contributed by atoms with Gasteiger partial charge in [-0.15, -0.1) is 0 Å². The lowest BCUT2D eigenvalue weighted by Crippen LogP contribution is -2.22. The van der Waals surface area contributed by atoms with Crippen LogP contribution in [0.2, 0.25) is 0 Å². The number of aliphatic hydroxyl groups excluding tert-OH is 1. The second-order valence-corrected chi connectivity index (χ2v) is 3.61. The first-order valence-electron chi connectivity index (χ1n) is 5.09. The molecule has 0 atom stereocenters. The lowest BCUT2D eigenvalue weighted by molar-refractivity contribution is 0.0229.